The first-order valence-corrected chi connectivity index (χ1v) is 7.91. The van der Waals surface area contributed by atoms with E-state index in [9.17, 15) is 74.6 Å². The lowest BCUT2D eigenvalue weighted by molar-refractivity contribution is -0.461. The van der Waals surface area contributed by atoms with Crippen molar-refractivity contribution in [3.63, 3.8) is 0 Å². The first kappa shape index (κ1) is 31.4. The monoisotopic (exact) mass is 505 g/mol. The Bertz CT molecular complexity index is 581. The Balaban J connectivity index is 0. The van der Waals surface area contributed by atoms with Gasteiger partial charge in [-0.15, -0.1) is 0 Å². The third-order valence-corrected chi connectivity index (χ3v) is 4.02. The van der Waals surface area contributed by atoms with E-state index in [1.54, 1.807) is 0 Å². The van der Waals surface area contributed by atoms with Crippen molar-refractivity contribution in [2.24, 2.45) is 0 Å². The van der Waals surface area contributed by atoms with Gasteiger partial charge in [0.05, 0.1) is 0 Å². The lowest BCUT2D eigenvalue weighted by atomic mass is 9.88. The molecule has 0 unspecified atom stereocenters. The van der Waals surface area contributed by atoms with E-state index in [0.29, 0.717) is 0 Å². The fourth-order valence-corrected chi connectivity index (χ4v) is 2.04. The van der Waals surface area contributed by atoms with Gasteiger partial charge >= 0.3 is 47.6 Å². The number of hydrogen-bond acceptors (Lipinski definition) is 1. The molecule has 0 nitrogen and oxygen atoms in total. The predicted molar refractivity (Wildman–Crippen MR) is 69.4 cm³/mol. The zero-order chi connectivity index (χ0) is 24.1. The summed E-state index contributed by atoms with van der Waals surface area (Å²) in [5.74, 6) is -56.9. The van der Waals surface area contributed by atoms with Crippen molar-refractivity contribution in [2.75, 3.05) is 12.0 Å². The molecule has 0 fully saturated rings. The average Bonchev–Trinajstić information content (AvgIpc) is 2.50. The molecule has 0 aromatic rings. The Morgan fingerprint density at radius 1 is 0.467 bits per heavy atom. The van der Waals surface area contributed by atoms with E-state index >= 15 is 0 Å². The van der Waals surface area contributed by atoms with Crippen LogP contribution < -0.4 is 0 Å². The molecule has 0 amide bonds. The Labute approximate surface area is 162 Å². The van der Waals surface area contributed by atoms with Crippen LogP contribution in [0.4, 0.5) is 74.6 Å². The highest BCUT2D eigenvalue weighted by Crippen LogP contribution is 2.64. The molecule has 0 aromatic carbocycles. The van der Waals surface area contributed by atoms with Crippen LogP contribution in [0.25, 0.3) is 0 Å². The van der Waals surface area contributed by atoms with Crippen LogP contribution in [0.15, 0.2) is 0 Å². The second-order valence-corrected chi connectivity index (χ2v) is 6.38. The summed E-state index contributed by atoms with van der Waals surface area (Å²) in [6, 6.07) is 0. The summed E-state index contributed by atoms with van der Waals surface area (Å²) >= 11 is 0.241. The Morgan fingerprint density at radius 3 is 1.00 bits per heavy atom. The van der Waals surface area contributed by atoms with Crippen LogP contribution in [0, 0.1) is 0 Å². The van der Waals surface area contributed by atoms with E-state index in [4.69, 9.17) is 0 Å². The molecule has 0 N–H and O–H groups in total. The van der Waals surface area contributed by atoms with E-state index in [1.165, 1.54) is 0 Å². The van der Waals surface area contributed by atoms with Crippen molar-refractivity contribution >= 4 is 20.2 Å². The summed E-state index contributed by atoms with van der Waals surface area (Å²) in [6.07, 6.45) is -9.22. The summed E-state index contributed by atoms with van der Waals surface area (Å²) in [7, 11) is 0. The minimum absolute atomic E-state index is 0. The number of thioether (sulfide) groups is 1. The molecule has 19 heteroatoms. The Morgan fingerprint density at radius 2 is 0.733 bits per heavy atom. The highest BCUT2D eigenvalue weighted by atomic mass is 32.2. The minimum atomic E-state index is -8.57. The lowest BCUT2D eigenvalue weighted by Crippen LogP contribution is -2.74. The standard InChI is InChI=1S/C11H7F17S.B/c1-29-3-2-4(12,13)5(14,15)6(16,17)7(18,19)8(20,21)9(22,23)10(24,25)11(26,27)28;/h2-3H2,1H3;. The molecule has 0 saturated carbocycles. The molecule has 30 heavy (non-hydrogen) atoms. The summed E-state index contributed by atoms with van der Waals surface area (Å²) in [5.41, 5.74) is 0. The first-order chi connectivity index (χ1) is 12.3. The highest BCUT2D eigenvalue weighted by Gasteiger charge is 2.95. The van der Waals surface area contributed by atoms with Gasteiger partial charge in [0.2, 0.25) is 0 Å². The van der Waals surface area contributed by atoms with Crippen molar-refractivity contribution in [3.05, 3.63) is 0 Å². The van der Waals surface area contributed by atoms with E-state index in [1.807, 2.05) is 0 Å². The molecule has 3 radical (unpaired) electrons. The zero-order valence-corrected chi connectivity index (χ0v) is 14.6. The van der Waals surface area contributed by atoms with Gasteiger partial charge in [0.15, 0.2) is 0 Å². The van der Waals surface area contributed by atoms with Gasteiger partial charge in [0, 0.05) is 14.8 Å². The summed E-state index contributed by atoms with van der Waals surface area (Å²) in [6.45, 7) is 0. The van der Waals surface area contributed by atoms with Gasteiger partial charge < -0.3 is 0 Å². The number of alkyl halides is 17. The third-order valence-electron chi connectivity index (χ3n) is 3.41. The van der Waals surface area contributed by atoms with Crippen molar-refractivity contribution < 1.29 is 74.6 Å². The van der Waals surface area contributed by atoms with Gasteiger partial charge in [0.1, 0.15) is 0 Å². The van der Waals surface area contributed by atoms with Crippen LogP contribution in [0.5, 0.6) is 0 Å². The van der Waals surface area contributed by atoms with Crippen molar-refractivity contribution in [1.82, 2.24) is 0 Å². The number of hydrogen-bond donors (Lipinski definition) is 0. The maximum atomic E-state index is 13.3. The number of halogens is 17. The third kappa shape index (κ3) is 4.14. The van der Waals surface area contributed by atoms with Crippen molar-refractivity contribution in [2.45, 2.75) is 54.1 Å². The van der Waals surface area contributed by atoms with Crippen LogP contribution in [0.1, 0.15) is 6.42 Å². The van der Waals surface area contributed by atoms with Gasteiger partial charge in [-0.25, -0.2) is 0 Å². The molecule has 0 bridgehead atoms. The maximum absolute atomic E-state index is 13.3. The highest BCUT2D eigenvalue weighted by molar-refractivity contribution is 7.98. The molecule has 0 aromatic heterocycles. The predicted octanol–water partition coefficient (Wildman–Crippen LogP) is 6.37. The average molecular weight is 505 g/mol. The summed E-state index contributed by atoms with van der Waals surface area (Å²) in [5, 5.41) is 0. The van der Waals surface area contributed by atoms with E-state index in [2.05, 4.69) is 0 Å². The quantitative estimate of drug-likeness (QED) is 0.260. The van der Waals surface area contributed by atoms with Crippen molar-refractivity contribution in [3.8, 4) is 0 Å². The number of rotatable bonds is 9. The van der Waals surface area contributed by atoms with Crippen molar-refractivity contribution in [1.29, 1.82) is 0 Å². The molecule has 0 aliphatic rings. The van der Waals surface area contributed by atoms with Crippen LogP contribution in [-0.2, 0) is 0 Å². The zero-order valence-electron chi connectivity index (χ0n) is 13.8. The van der Waals surface area contributed by atoms with Crippen LogP contribution in [0.2, 0.25) is 0 Å². The lowest BCUT2D eigenvalue weighted by Gasteiger charge is -2.42. The molecule has 0 aliphatic heterocycles. The topological polar surface area (TPSA) is 0 Å². The van der Waals surface area contributed by atoms with E-state index in [0.717, 1.165) is 6.26 Å². The first-order valence-electron chi connectivity index (χ1n) is 6.51. The van der Waals surface area contributed by atoms with Gasteiger partial charge in [0.25, 0.3) is 0 Å². The van der Waals surface area contributed by atoms with Gasteiger partial charge in [-0.2, -0.15) is 86.4 Å². The minimum Gasteiger partial charge on any atom is -0.200 e. The normalized spacial score (nSPS) is 15.8. The second-order valence-electron chi connectivity index (χ2n) is 5.39. The molecule has 0 heterocycles. The van der Waals surface area contributed by atoms with Crippen LogP contribution in [-0.4, -0.2) is 68.1 Å². The van der Waals surface area contributed by atoms with Crippen LogP contribution in [0.3, 0.4) is 0 Å². The largest absolute Gasteiger partial charge is 0.460 e. The molecule has 0 aliphatic carbocycles. The van der Waals surface area contributed by atoms with Gasteiger partial charge in [-0.3, -0.25) is 0 Å². The Hall–Kier alpha value is -0.775. The van der Waals surface area contributed by atoms with Gasteiger partial charge in [-0.05, 0) is 12.0 Å². The summed E-state index contributed by atoms with van der Waals surface area (Å²) in [4.78, 5) is 0. The smallest absolute Gasteiger partial charge is 0.200 e. The van der Waals surface area contributed by atoms with E-state index < -0.39 is 59.8 Å². The van der Waals surface area contributed by atoms with Gasteiger partial charge in [-0.1, -0.05) is 0 Å². The maximum Gasteiger partial charge on any atom is 0.460 e. The molecule has 0 saturated heterocycles. The van der Waals surface area contributed by atoms with E-state index in [-0.39, 0.29) is 20.2 Å². The molecule has 179 valence electrons. The molecular formula is C11H7BF17S. The molecule has 0 rings (SSSR count). The molecule has 0 spiro atoms. The Kier molecular flexibility index (Phi) is 8.68. The fourth-order valence-electron chi connectivity index (χ4n) is 1.58. The second kappa shape index (κ2) is 8.29. The fraction of sp³-hybridized carbons (Fsp3) is 1.00. The molecule has 0 atom stereocenters. The summed E-state index contributed by atoms with van der Waals surface area (Å²) < 4.78 is 219. The SMILES string of the molecule is CSCCC(F)(F)C(F)(F)C(F)(F)C(F)(F)C(F)(F)C(F)(F)C(F)(F)C(F)(F)F.[B]. The molecular weight excluding hydrogens is 498 g/mol. The van der Waals surface area contributed by atoms with Crippen LogP contribution >= 0.6 is 11.8 Å².